The monoisotopic (exact) mass is 447 g/mol. The third-order valence-electron chi connectivity index (χ3n) is 4.26. The van der Waals surface area contributed by atoms with Crippen molar-refractivity contribution in [3.05, 3.63) is 59.9 Å². The summed E-state index contributed by atoms with van der Waals surface area (Å²) in [5, 5.41) is 7.15. The molecule has 0 atom stereocenters. The normalized spacial score (nSPS) is 11.6. The van der Waals surface area contributed by atoms with E-state index in [-0.39, 0.29) is 16.7 Å². The number of alkyl halides is 3. The van der Waals surface area contributed by atoms with Gasteiger partial charge < -0.3 is 10.6 Å². The zero-order valence-corrected chi connectivity index (χ0v) is 17.5. The highest BCUT2D eigenvalue weighted by Gasteiger charge is 2.29. The second kappa shape index (κ2) is 8.11. The van der Waals surface area contributed by atoms with Gasteiger partial charge in [-0.05, 0) is 61.0 Å². The molecule has 0 spiro atoms. The summed E-state index contributed by atoms with van der Waals surface area (Å²) in [6, 6.07) is 12.0. The van der Waals surface area contributed by atoms with Gasteiger partial charge in [-0.2, -0.15) is 13.2 Å². The van der Waals surface area contributed by atoms with Gasteiger partial charge in [-0.3, -0.25) is 0 Å². The van der Waals surface area contributed by atoms with Gasteiger partial charge in [0.1, 0.15) is 11.8 Å². The van der Waals surface area contributed by atoms with Gasteiger partial charge in [-0.25, -0.2) is 15.0 Å². The Morgan fingerprint density at radius 2 is 1.63 bits per heavy atom. The van der Waals surface area contributed by atoms with E-state index >= 15 is 0 Å². The van der Waals surface area contributed by atoms with Crippen LogP contribution in [-0.4, -0.2) is 20.5 Å². The number of thiazole rings is 1. The molecule has 5 nitrogen and oxygen atoms in total. The zero-order valence-electron chi connectivity index (χ0n) is 15.9. The number of para-hydroxylation sites is 1. The molecular formula is C20H16F3N5S2. The fraction of sp³-hybridized carbons (Fsp3) is 0.150. The number of anilines is 4. The highest BCUT2D eigenvalue weighted by atomic mass is 32.2. The largest absolute Gasteiger partial charge is 0.446 e. The number of hydrogen-bond acceptors (Lipinski definition) is 7. The van der Waals surface area contributed by atoms with E-state index in [2.05, 4.69) is 25.6 Å². The van der Waals surface area contributed by atoms with Gasteiger partial charge in [0.05, 0.1) is 0 Å². The van der Waals surface area contributed by atoms with Crippen molar-refractivity contribution < 1.29 is 13.2 Å². The van der Waals surface area contributed by atoms with Crippen molar-refractivity contribution in [1.82, 2.24) is 15.0 Å². The predicted octanol–water partition coefficient (Wildman–Crippen LogP) is 6.80. The Morgan fingerprint density at radius 3 is 2.30 bits per heavy atom. The first-order chi connectivity index (χ1) is 14.3. The number of nitrogens with one attached hydrogen (secondary N) is 2. The van der Waals surface area contributed by atoms with Gasteiger partial charge in [0, 0.05) is 16.3 Å². The van der Waals surface area contributed by atoms with Crippen molar-refractivity contribution in [3.63, 3.8) is 0 Å². The van der Waals surface area contributed by atoms with Crippen molar-refractivity contribution in [3.8, 4) is 0 Å². The number of aromatic nitrogens is 3. The molecule has 0 fully saturated rings. The van der Waals surface area contributed by atoms with Crippen molar-refractivity contribution in [2.24, 2.45) is 0 Å². The van der Waals surface area contributed by atoms with E-state index in [9.17, 15) is 13.2 Å². The van der Waals surface area contributed by atoms with Gasteiger partial charge in [0.2, 0.25) is 0 Å². The molecule has 0 aliphatic rings. The van der Waals surface area contributed by atoms with E-state index in [0.29, 0.717) is 27.0 Å². The second-order valence-corrected chi connectivity index (χ2v) is 8.60. The molecular weight excluding hydrogens is 431 g/mol. The minimum absolute atomic E-state index is 0.120. The van der Waals surface area contributed by atoms with E-state index in [1.807, 2.05) is 32.0 Å². The van der Waals surface area contributed by atoms with Crippen molar-refractivity contribution in [1.29, 1.82) is 0 Å². The molecule has 0 amide bonds. The zero-order chi connectivity index (χ0) is 21.3. The van der Waals surface area contributed by atoms with Crippen LogP contribution in [0.1, 0.15) is 11.1 Å². The van der Waals surface area contributed by atoms with Gasteiger partial charge in [0.25, 0.3) is 0 Å². The molecule has 0 bridgehead atoms. The first-order valence-electron chi connectivity index (χ1n) is 8.86. The Balaban J connectivity index is 1.58. The SMILES string of the molecule is Cc1cccc(C)c1Nc1nc2c(Nc3ccc(SC(F)(F)F)cc3)ncnc2s1. The van der Waals surface area contributed by atoms with Crippen LogP contribution in [0.5, 0.6) is 0 Å². The Bertz CT molecular complexity index is 1170. The van der Waals surface area contributed by atoms with Crippen LogP contribution in [0.3, 0.4) is 0 Å². The first-order valence-corrected chi connectivity index (χ1v) is 10.5. The van der Waals surface area contributed by atoms with E-state index < -0.39 is 5.51 Å². The molecule has 4 aromatic rings. The van der Waals surface area contributed by atoms with Crippen LogP contribution >= 0.6 is 23.1 Å². The average Bonchev–Trinajstić information content (AvgIpc) is 3.09. The summed E-state index contributed by atoms with van der Waals surface area (Å²) in [6.07, 6.45) is 1.43. The molecule has 30 heavy (non-hydrogen) atoms. The lowest BCUT2D eigenvalue weighted by Crippen LogP contribution is -1.99. The summed E-state index contributed by atoms with van der Waals surface area (Å²) in [6.45, 7) is 4.05. The van der Waals surface area contributed by atoms with Gasteiger partial charge >= 0.3 is 5.51 Å². The number of rotatable bonds is 5. The molecule has 0 unspecified atom stereocenters. The number of benzene rings is 2. The number of fused-ring (bicyclic) bond motifs is 1. The predicted molar refractivity (Wildman–Crippen MR) is 116 cm³/mol. The Labute approximate surface area is 178 Å². The molecule has 0 aliphatic heterocycles. The fourth-order valence-corrected chi connectivity index (χ4v) is 4.25. The molecule has 154 valence electrons. The van der Waals surface area contributed by atoms with E-state index in [4.69, 9.17) is 0 Å². The molecule has 0 saturated carbocycles. The molecule has 0 aliphatic carbocycles. The third kappa shape index (κ3) is 4.65. The number of nitrogens with zero attached hydrogens (tertiary/aromatic N) is 3. The molecule has 2 N–H and O–H groups in total. The topological polar surface area (TPSA) is 62.7 Å². The molecule has 4 rings (SSSR count). The minimum Gasteiger partial charge on any atom is -0.338 e. The summed E-state index contributed by atoms with van der Waals surface area (Å²) in [5.41, 5.74) is 0.0966. The smallest absolute Gasteiger partial charge is 0.338 e. The van der Waals surface area contributed by atoms with Crippen LogP contribution in [0.25, 0.3) is 10.3 Å². The fourth-order valence-electron chi connectivity index (χ4n) is 2.89. The number of aryl methyl sites for hydroxylation is 2. The van der Waals surface area contributed by atoms with Crippen LogP contribution in [0, 0.1) is 13.8 Å². The Morgan fingerprint density at radius 1 is 0.933 bits per heavy atom. The molecule has 10 heteroatoms. The van der Waals surface area contributed by atoms with E-state index in [1.165, 1.54) is 29.8 Å². The van der Waals surface area contributed by atoms with Crippen LogP contribution in [0.4, 0.5) is 35.5 Å². The molecule has 2 heterocycles. The van der Waals surface area contributed by atoms with Gasteiger partial charge in [-0.1, -0.05) is 29.5 Å². The third-order valence-corrected chi connectivity index (χ3v) is 5.88. The Hall–Kier alpha value is -2.85. The van der Waals surface area contributed by atoms with Crippen LogP contribution < -0.4 is 10.6 Å². The number of hydrogen-bond donors (Lipinski definition) is 2. The van der Waals surface area contributed by atoms with Gasteiger partial charge in [-0.15, -0.1) is 0 Å². The van der Waals surface area contributed by atoms with E-state index in [1.54, 1.807) is 12.1 Å². The average molecular weight is 448 g/mol. The van der Waals surface area contributed by atoms with Crippen molar-refractivity contribution in [2.45, 2.75) is 24.3 Å². The van der Waals surface area contributed by atoms with Gasteiger partial charge in [0.15, 0.2) is 15.8 Å². The van der Waals surface area contributed by atoms with Crippen LogP contribution in [0.15, 0.2) is 53.7 Å². The maximum absolute atomic E-state index is 12.5. The summed E-state index contributed by atoms with van der Waals surface area (Å²) in [5.74, 6) is 0.488. The quantitative estimate of drug-likeness (QED) is 0.328. The maximum Gasteiger partial charge on any atom is 0.446 e. The van der Waals surface area contributed by atoms with Crippen molar-refractivity contribution in [2.75, 3.05) is 10.6 Å². The second-order valence-electron chi connectivity index (χ2n) is 6.48. The number of thioether (sulfide) groups is 1. The van der Waals surface area contributed by atoms with Crippen LogP contribution in [0.2, 0.25) is 0 Å². The van der Waals surface area contributed by atoms with Crippen molar-refractivity contribution >= 4 is 55.8 Å². The lowest BCUT2D eigenvalue weighted by atomic mass is 10.1. The highest BCUT2D eigenvalue weighted by molar-refractivity contribution is 8.00. The molecule has 2 aromatic carbocycles. The first kappa shape index (κ1) is 20.4. The molecule has 2 aromatic heterocycles. The Kier molecular flexibility index (Phi) is 5.52. The summed E-state index contributed by atoms with van der Waals surface area (Å²) < 4.78 is 37.5. The maximum atomic E-state index is 12.5. The van der Waals surface area contributed by atoms with E-state index in [0.717, 1.165) is 16.8 Å². The lowest BCUT2D eigenvalue weighted by molar-refractivity contribution is -0.0328. The highest BCUT2D eigenvalue weighted by Crippen LogP contribution is 2.37. The van der Waals surface area contributed by atoms with Crippen LogP contribution in [-0.2, 0) is 0 Å². The molecule has 0 saturated heterocycles. The summed E-state index contributed by atoms with van der Waals surface area (Å²) >= 11 is 1.25. The minimum atomic E-state index is -4.31. The summed E-state index contributed by atoms with van der Waals surface area (Å²) in [7, 11) is 0. The lowest BCUT2D eigenvalue weighted by Gasteiger charge is -2.09. The summed E-state index contributed by atoms with van der Waals surface area (Å²) in [4.78, 5) is 14.0. The standard InChI is InChI=1S/C20H16F3N5S2/c1-11-4-3-5-12(2)15(11)27-19-28-16-17(24-10-25-18(16)29-19)26-13-6-8-14(9-7-13)30-20(21,22)23/h3-10H,1-2H3,(H,27,28)(H,24,25,26). The molecule has 0 radical (unpaired) electrons. The number of halogens is 3.